The molecule has 1 aromatic heterocycles. The number of morpholine rings is 1. The van der Waals surface area contributed by atoms with Crippen LogP contribution in [0.3, 0.4) is 0 Å². The number of rotatable bonds is 5. The Morgan fingerprint density at radius 1 is 1.25 bits per heavy atom. The van der Waals surface area contributed by atoms with E-state index in [9.17, 15) is 4.39 Å². The number of aromatic nitrogens is 3. The van der Waals surface area contributed by atoms with Gasteiger partial charge in [-0.1, -0.05) is 23.9 Å². The molecule has 0 bridgehead atoms. The highest BCUT2D eigenvalue weighted by molar-refractivity contribution is 7.99. The number of halogens is 1. The maximum Gasteiger partial charge on any atom is 0.228 e. The molecule has 2 fully saturated rings. The van der Waals surface area contributed by atoms with Crippen molar-refractivity contribution >= 4 is 17.7 Å². The summed E-state index contributed by atoms with van der Waals surface area (Å²) in [5.74, 6) is 0.757. The number of hydrogen-bond acceptors (Lipinski definition) is 5. The summed E-state index contributed by atoms with van der Waals surface area (Å²) < 4.78 is 21.2. The molecule has 1 aliphatic carbocycles. The summed E-state index contributed by atoms with van der Waals surface area (Å²) in [6.45, 7) is 5.27. The van der Waals surface area contributed by atoms with Gasteiger partial charge in [0.2, 0.25) is 5.95 Å². The van der Waals surface area contributed by atoms with Gasteiger partial charge in [-0.3, -0.25) is 4.57 Å². The van der Waals surface area contributed by atoms with Crippen molar-refractivity contribution < 1.29 is 9.13 Å². The first-order valence-corrected chi connectivity index (χ1v) is 9.30. The van der Waals surface area contributed by atoms with Gasteiger partial charge in [0.15, 0.2) is 5.16 Å². The highest BCUT2D eigenvalue weighted by Gasteiger charge is 2.32. The van der Waals surface area contributed by atoms with Crippen LogP contribution in [0, 0.1) is 5.82 Å². The third kappa shape index (κ3) is 3.28. The molecule has 4 rings (SSSR count). The van der Waals surface area contributed by atoms with Crippen molar-refractivity contribution in [1.82, 2.24) is 14.8 Å². The normalized spacial score (nSPS) is 19.5. The van der Waals surface area contributed by atoms with Gasteiger partial charge in [0.25, 0.3) is 0 Å². The SMILES string of the molecule is C[C@@H](Sc1nnc(N2CCOCC2)n1C1CC1)c1cccc(F)c1. The molecule has 2 aliphatic rings. The quantitative estimate of drug-likeness (QED) is 0.775. The summed E-state index contributed by atoms with van der Waals surface area (Å²) in [5.41, 5.74) is 0.971. The molecule has 0 unspecified atom stereocenters. The average molecular weight is 348 g/mol. The molecule has 1 aliphatic heterocycles. The van der Waals surface area contributed by atoms with Gasteiger partial charge in [-0.05, 0) is 37.5 Å². The Balaban J connectivity index is 1.57. The Labute approximate surface area is 145 Å². The third-order valence-corrected chi connectivity index (χ3v) is 5.57. The highest BCUT2D eigenvalue weighted by atomic mass is 32.2. The van der Waals surface area contributed by atoms with E-state index in [1.54, 1.807) is 23.9 Å². The van der Waals surface area contributed by atoms with E-state index < -0.39 is 0 Å². The van der Waals surface area contributed by atoms with Crippen LogP contribution in [0.2, 0.25) is 0 Å². The molecule has 0 N–H and O–H groups in total. The van der Waals surface area contributed by atoms with Crippen molar-refractivity contribution in [1.29, 1.82) is 0 Å². The lowest BCUT2D eigenvalue weighted by Crippen LogP contribution is -2.38. The zero-order valence-corrected chi connectivity index (χ0v) is 14.5. The van der Waals surface area contributed by atoms with E-state index in [1.165, 1.54) is 18.9 Å². The largest absolute Gasteiger partial charge is 0.378 e. The lowest BCUT2D eigenvalue weighted by Gasteiger charge is -2.28. The van der Waals surface area contributed by atoms with E-state index >= 15 is 0 Å². The first-order valence-electron chi connectivity index (χ1n) is 8.42. The molecule has 5 nitrogen and oxygen atoms in total. The van der Waals surface area contributed by atoms with Crippen molar-refractivity contribution in [2.75, 3.05) is 31.2 Å². The van der Waals surface area contributed by atoms with Crippen molar-refractivity contribution in [2.45, 2.75) is 36.2 Å². The van der Waals surface area contributed by atoms with Crippen molar-refractivity contribution in [3.05, 3.63) is 35.6 Å². The minimum Gasteiger partial charge on any atom is -0.378 e. The molecule has 7 heteroatoms. The van der Waals surface area contributed by atoms with Crippen LogP contribution >= 0.6 is 11.8 Å². The monoisotopic (exact) mass is 348 g/mol. The summed E-state index contributed by atoms with van der Waals surface area (Å²) in [6, 6.07) is 7.29. The van der Waals surface area contributed by atoms with Gasteiger partial charge in [0.05, 0.1) is 13.2 Å². The molecule has 2 aromatic rings. The van der Waals surface area contributed by atoms with Gasteiger partial charge < -0.3 is 9.64 Å². The van der Waals surface area contributed by atoms with Crippen LogP contribution in [0.25, 0.3) is 0 Å². The average Bonchev–Trinajstić information content (AvgIpc) is 3.36. The van der Waals surface area contributed by atoms with Gasteiger partial charge in [0, 0.05) is 24.4 Å². The van der Waals surface area contributed by atoms with Crippen LogP contribution in [0.4, 0.5) is 10.3 Å². The number of ether oxygens (including phenoxy) is 1. The van der Waals surface area contributed by atoms with Crippen LogP contribution in [0.15, 0.2) is 29.4 Å². The second-order valence-corrected chi connectivity index (χ2v) is 7.61. The Bertz CT molecular complexity index is 712. The van der Waals surface area contributed by atoms with Crippen LogP contribution in [-0.2, 0) is 4.74 Å². The molecule has 2 heterocycles. The fraction of sp³-hybridized carbons (Fsp3) is 0.529. The van der Waals surface area contributed by atoms with Gasteiger partial charge in [-0.2, -0.15) is 0 Å². The summed E-state index contributed by atoms with van der Waals surface area (Å²) in [7, 11) is 0. The first kappa shape index (κ1) is 15.9. The van der Waals surface area contributed by atoms with Crippen LogP contribution in [-0.4, -0.2) is 41.1 Å². The highest BCUT2D eigenvalue weighted by Crippen LogP contribution is 2.43. The number of benzene rings is 1. The molecule has 1 saturated carbocycles. The van der Waals surface area contributed by atoms with E-state index in [-0.39, 0.29) is 11.1 Å². The predicted molar refractivity (Wildman–Crippen MR) is 92.0 cm³/mol. The molecule has 128 valence electrons. The minimum absolute atomic E-state index is 0.125. The Kier molecular flexibility index (Phi) is 4.45. The number of anilines is 1. The first-order chi connectivity index (χ1) is 11.7. The molecular weight excluding hydrogens is 327 g/mol. The summed E-state index contributed by atoms with van der Waals surface area (Å²) in [4.78, 5) is 2.26. The van der Waals surface area contributed by atoms with Crippen molar-refractivity contribution in [3.63, 3.8) is 0 Å². The molecule has 0 amide bonds. The van der Waals surface area contributed by atoms with E-state index in [4.69, 9.17) is 4.74 Å². The molecule has 0 radical (unpaired) electrons. The molecule has 1 aromatic carbocycles. The second kappa shape index (κ2) is 6.72. The van der Waals surface area contributed by atoms with Gasteiger partial charge in [-0.25, -0.2) is 4.39 Å². The predicted octanol–water partition coefficient (Wildman–Crippen LogP) is 3.44. The molecule has 24 heavy (non-hydrogen) atoms. The summed E-state index contributed by atoms with van der Waals surface area (Å²) >= 11 is 1.65. The van der Waals surface area contributed by atoms with Gasteiger partial charge >= 0.3 is 0 Å². The second-order valence-electron chi connectivity index (χ2n) is 6.30. The molecule has 1 saturated heterocycles. The number of nitrogens with zero attached hydrogens (tertiary/aromatic N) is 4. The molecule has 0 spiro atoms. The van der Waals surface area contributed by atoms with E-state index in [0.29, 0.717) is 6.04 Å². The summed E-state index contributed by atoms with van der Waals surface area (Å²) in [6.07, 6.45) is 2.36. The maximum absolute atomic E-state index is 13.5. The third-order valence-electron chi connectivity index (χ3n) is 4.45. The lowest BCUT2D eigenvalue weighted by molar-refractivity contribution is 0.121. The molecule has 1 atom stereocenters. The van der Waals surface area contributed by atoms with Crippen LogP contribution < -0.4 is 4.90 Å². The number of thioether (sulfide) groups is 1. The fourth-order valence-electron chi connectivity index (χ4n) is 2.97. The van der Waals surface area contributed by atoms with E-state index in [1.807, 2.05) is 6.07 Å². The Morgan fingerprint density at radius 3 is 2.75 bits per heavy atom. The van der Waals surface area contributed by atoms with Crippen molar-refractivity contribution in [2.24, 2.45) is 0 Å². The summed E-state index contributed by atoms with van der Waals surface area (Å²) in [5, 5.41) is 9.95. The standard InChI is InChI=1S/C17H21FN4OS/c1-12(13-3-2-4-14(18)11-13)24-17-20-19-16(22(17)15-5-6-15)21-7-9-23-10-8-21/h2-4,11-12,15H,5-10H2,1H3/t12-/m1/s1. The smallest absolute Gasteiger partial charge is 0.228 e. The van der Waals surface area contributed by atoms with E-state index in [2.05, 4.69) is 26.6 Å². The van der Waals surface area contributed by atoms with E-state index in [0.717, 1.165) is 43.0 Å². The topological polar surface area (TPSA) is 43.2 Å². The van der Waals surface area contributed by atoms with Gasteiger partial charge in [-0.15, -0.1) is 10.2 Å². The Morgan fingerprint density at radius 2 is 2.04 bits per heavy atom. The zero-order valence-electron chi connectivity index (χ0n) is 13.7. The maximum atomic E-state index is 13.5. The van der Waals surface area contributed by atoms with Crippen LogP contribution in [0.1, 0.15) is 36.6 Å². The molecular formula is C17H21FN4OS. The van der Waals surface area contributed by atoms with Crippen molar-refractivity contribution in [3.8, 4) is 0 Å². The minimum atomic E-state index is -0.197. The number of hydrogen-bond donors (Lipinski definition) is 0. The fourth-order valence-corrected chi connectivity index (χ4v) is 4.00. The van der Waals surface area contributed by atoms with Crippen LogP contribution in [0.5, 0.6) is 0 Å². The lowest BCUT2D eigenvalue weighted by atomic mass is 10.2. The van der Waals surface area contributed by atoms with Gasteiger partial charge in [0.1, 0.15) is 5.82 Å². The zero-order chi connectivity index (χ0) is 16.5. The Hall–Kier alpha value is -1.60.